The standard InChI is InChI=1S/C19H23N5O/c1-12-9-13(2)22-19(21-12)24-11-14-7-8-15(24)10-23(14)18(25)16-5-3-4-6-17(16)20/h3-6,9,14-15H,7-8,10-11,20H2,1-2H3. The fraction of sp³-hybridized carbons (Fsp3) is 0.421. The van der Waals surface area contributed by atoms with E-state index in [9.17, 15) is 4.79 Å². The average molecular weight is 337 g/mol. The summed E-state index contributed by atoms with van der Waals surface area (Å²) in [6.07, 6.45) is 2.08. The van der Waals surface area contributed by atoms with Gasteiger partial charge in [-0.05, 0) is 44.9 Å². The lowest BCUT2D eigenvalue weighted by atomic mass is 9.90. The third-order valence-electron chi connectivity index (χ3n) is 5.21. The largest absolute Gasteiger partial charge is 0.398 e. The lowest BCUT2D eigenvalue weighted by molar-refractivity contribution is 0.0503. The monoisotopic (exact) mass is 337 g/mol. The van der Waals surface area contributed by atoms with Gasteiger partial charge in [-0.1, -0.05) is 12.1 Å². The molecule has 4 heterocycles. The number of hydrogen-bond acceptors (Lipinski definition) is 5. The quantitative estimate of drug-likeness (QED) is 0.850. The Morgan fingerprint density at radius 2 is 1.76 bits per heavy atom. The van der Waals surface area contributed by atoms with Crippen molar-refractivity contribution in [2.75, 3.05) is 23.7 Å². The maximum atomic E-state index is 13.0. The zero-order valence-corrected chi connectivity index (χ0v) is 14.6. The van der Waals surface area contributed by atoms with Crippen LogP contribution in [0.1, 0.15) is 34.6 Å². The van der Waals surface area contributed by atoms with Crippen molar-refractivity contribution < 1.29 is 4.79 Å². The number of anilines is 2. The van der Waals surface area contributed by atoms with Gasteiger partial charge in [0.05, 0.1) is 5.56 Å². The van der Waals surface area contributed by atoms with Gasteiger partial charge >= 0.3 is 0 Å². The van der Waals surface area contributed by atoms with E-state index >= 15 is 0 Å². The molecule has 2 N–H and O–H groups in total. The van der Waals surface area contributed by atoms with E-state index in [2.05, 4.69) is 14.9 Å². The molecule has 0 saturated carbocycles. The van der Waals surface area contributed by atoms with Gasteiger partial charge in [-0.15, -0.1) is 0 Å². The number of amides is 1. The first-order chi connectivity index (χ1) is 12.0. The molecule has 2 unspecified atom stereocenters. The van der Waals surface area contributed by atoms with Crippen LogP contribution in [0.4, 0.5) is 11.6 Å². The summed E-state index contributed by atoms with van der Waals surface area (Å²) >= 11 is 0. The number of nitrogens with two attached hydrogens (primary N) is 1. The zero-order chi connectivity index (χ0) is 17.6. The molecule has 5 rings (SSSR count). The van der Waals surface area contributed by atoms with Crippen molar-refractivity contribution in [3.05, 3.63) is 47.3 Å². The molecule has 25 heavy (non-hydrogen) atoms. The highest BCUT2D eigenvalue weighted by Crippen LogP contribution is 2.32. The summed E-state index contributed by atoms with van der Waals surface area (Å²) in [7, 11) is 0. The third-order valence-corrected chi connectivity index (χ3v) is 5.21. The van der Waals surface area contributed by atoms with Crippen LogP contribution in [0.3, 0.4) is 0 Å². The van der Waals surface area contributed by atoms with Crippen molar-refractivity contribution in [1.82, 2.24) is 14.9 Å². The number of rotatable bonds is 2. The molecule has 2 atom stereocenters. The average Bonchev–Trinajstić information content (AvgIpc) is 2.61. The molecule has 1 amide bonds. The maximum absolute atomic E-state index is 13.0. The Labute approximate surface area is 147 Å². The minimum Gasteiger partial charge on any atom is -0.398 e. The molecule has 6 heteroatoms. The van der Waals surface area contributed by atoms with Gasteiger partial charge in [-0.2, -0.15) is 0 Å². The molecule has 130 valence electrons. The Morgan fingerprint density at radius 1 is 1.08 bits per heavy atom. The molecule has 1 aromatic heterocycles. The Hall–Kier alpha value is -2.63. The first kappa shape index (κ1) is 15.9. The second-order valence-electron chi connectivity index (χ2n) is 7.03. The molecular formula is C19H23N5O. The number of benzene rings is 1. The number of nitrogens with zero attached hydrogens (tertiary/aromatic N) is 4. The molecular weight excluding hydrogens is 314 g/mol. The number of aromatic nitrogens is 2. The summed E-state index contributed by atoms with van der Waals surface area (Å²) in [6, 6.07) is 9.74. The van der Waals surface area contributed by atoms with E-state index in [0.29, 0.717) is 17.8 Å². The van der Waals surface area contributed by atoms with E-state index in [1.165, 1.54) is 0 Å². The fourth-order valence-electron chi connectivity index (χ4n) is 4.00. The van der Waals surface area contributed by atoms with Crippen LogP contribution in [0.15, 0.2) is 30.3 Å². The summed E-state index contributed by atoms with van der Waals surface area (Å²) < 4.78 is 0. The highest BCUT2D eigenvalue weighted by atomic mass is 16.2. The summed E-state index contributed by atoms with van der Waals surface area (Å²) in [5.41, 5.74) is 9.11. The van der Waals surface area contributed by atoms with E-state index in [1.807, 2.05) is 43.0 Å². The minimum atomic E-state index is 0.0359. The molecule has 0 aliphatic carbocycles. The van der Waals surface area contributed by atoms with Crippen LogP contribution in [-0.2, 0) is 0 Å². The van der Waals surface area contributed by atoms with Crippen LogP contribution in [0.5, 0.6) is 0 Å². The second kappa shape index (κ2) is 6.02. The van der Waals surface area contributed by atoms with E-state index in [1.54, 1.807) is 6.07 Å². The number of nitrogen functional groups attached to an aromatic ring is 1. The van der Waals surface area contributed by atoms with Gasteiger partial charge in [-0.25, -0.2) is 9.97 Å². The topological polar surface area (TPSA) is 75.4 Å². The smallest absolute Gasteiger partial charge is 0.256 e. The highest BCUT2D eigenvalue weighted by Gasteiger charge is 2.42. The van der Waals surface area contributed by atoms with Gasteiger partial charge in [0.15, 0.2) is 0 Å². The van der Waals surface area contributed by atoms with Crippen molar-refractivity contribution >= 4 is 17.5 Å². The Morgan fingerprint density at radius 3 is 2.40 bits per heavy atom. The number of piperazine rings is 1. The van der Waals surface area contributed by atoms with Crippen LogP contribution in [0.25, 0.3) is 0 Å². The number of carbonyl (C=O) groups is 1. The minimum absolute atomic E-state index is 0.0359. The summed E-state index contributed by atoms with van der Waals surface area (Å²) in [4.78, 5) is 26.4. The van der Waals surface area contributed by atoms with Crippen LogP contribution in [0, 0.1) is 13.8 Å². The lowest BCUT2D eigenvalue weighted by Gasteiger charge is -2.51. The van der Waals surface area contributed by atoms with E-state index in [0.717, 1.165) is 36.7 Å². The van der Waals surface area contributed by atoms with Crippen LogP contribution < -0.4 is 10.6 Å². The molecule has 3 aliphatic heterocycles. The van der Waals surface area contributed by atoms with Gasteiger partial charge in [0.1, 0.15) is 0 Å². The van der Waals surface area contributed by atoms with Crippen LogP contribution in [-0.4, -0.2) is 45.9 Å². The van der Waals surface area contributed by atoms with Crippen molar-refractivity contribution in [3.63, 3.8) is 0 Å². The molecule has 2 bridgehead atoms. The van der Waals surface area contributed by atoms with Crippen molar-refractivity contribution in [2.24, 2.45) is 0 Å². The lowest BCUT2D eigenvalue weighted by Crippen LogP contribution is -2.64. The van der Waals surface area contributed by atoms with E-state index in [4.69, 9.17) is 5.73 Å². The predicted molar refractivity (Wildman–Crippen MR) is 97.6 cm³/mol. The predicted octanol–water partition coefficient (Wildman–Crippen LogP) is 2.17. The third kappa shape index (κ3) is 2.81. The number of para-hydroxylation sites is 1. The Balaban J connectivity index is 1.58. The van der Waals surface area contributed by atoms with Crippen molar-refractivity contribution in [2.45, 2.75) is 38.8 Å². The highest BCUT2D eigenvalue weighted by molar-refractivity contribution is 5.99. The molecule has 3 fully saturated rings. The fourth-order valence-corrected chi connectivity index (χ4v) is 4.00. The summed E-state index contributed by atoms with van der Waals surface area (Å²) in [5.74, 6) is 0.826. The number of aryl methyl sites for hydroxylation is 2. The maximum Gasteiger partial charge on any atom is 0.256 e. The van der Waals surface area contributed by atoms with Gasteiger partial charge in [0.25, 0.3) is 5.91 Å². The van der Waals surface area contributed by atoms with Gasteiger partial charge < -0.3 is 15.5 Å². The van der Waals surface area contributed by atoms with Crippen LogP contribution >= 0.6 is 0 Å². The summed E-state index contributed by atoms with van der Waals surface area (Å²) in [6.45, 7) is 5.48. The van der Waals surface area contributed by atoms with E-state index < -0.39 is 0 Å². The number of carbonyl (C=O) groups excluding carboxylic acids is 1. The number of piperidine rings is 2. The molecule has 0 radical (unpaired) electrons. The normalized spacial score (nSPS) is 22.3. The van der Waals surface area contributed by atoms with Crippen LogP contribution in [0.2, 0.25) is 0 Å². The first-order valence-corrected chi connectivity index (χ1v) is 8.77. The molecule has 2 aromatic rings. The van der Waals surface area contributed by atoms with Gasteiger partial charge in [0.2, 0.25) is 5.95 Å². The van der Waals surface area contributed by atoms with Gasteiger partial charge in [0, 0.05) is 42.2 Å². The number of fused-ring (bicyclic) bond motifs is 3. The molecule has 3 saturated heterocycles. The van der Waals surface area contributed by atoms with Crippen molar-refractivity contribution in [1.29, 1.82) is 0 Å². The molecule has 3 aliphatic rings. The molecule has 1 aromatic carbocycles. The SMILES string of the molecule is Cc1cc(C)nc(N2CC3CCC2CN3C(=O)c2ccccc2N)n1. The van der Waals surface area contributed by atoms with Gasteiger partial charge in [-0.3, -0.25) is 4.79 Å². The number of hydrogen-bond donors (Lipinski definition) is 1. The zero-order valence-electron chi connectivity index (χ0n) is 14.6. The Bertz CT molecular complexity index is 801. The van der Waals surface area contributed by atoms with Crippen molar-refractivity contribution in [3.8, 4) is 0 Å². The second-order valence-corrected chi connectivity index (χ2v) is 7.03. The molecule has 6 nitrogen and oxygen atoms in total. The molecule has 0 spiro atoms. The van der Waals surface area contributed by atoms with E-state index in [-0.39, 0.29) is 18.0 Å². The Kier molecular flexibility index (Phi) is 3.82. The first-order valence-electron chi connectivity index (χ1n) is 8.77. The summed E-state index contributed by atoms with van der Waals surface area (Å²) in [5, 5.41) is 0.